The van der Waals surface area contributed by atoms with Crippen LogP contribution in [0.4, 0.5) is 0 Å². The zero-order valence-corrected chi connectivity index (χ0v) is 12.5. The van der Waals surface area contributed by atoms with Crippen molar-refractivity contribution in [3.8, 4) is 5.75 Å². The molecule has 1 aromatic rings. The zero-order chi connectivity index (χ0) is 15.2. The van der Waals surface area contributed by atoms with E-state index in [0.29, 0.717) is 0 Å². The van der Waals surface area contributed by atoms with E-state index in [-0.39, 0.29) is 12.1 Å². The van der Waals surface area contributed by atoms with Crippen LogP contribution in [0.25, 0.3) is 0 Å². The molecule has 0 radical (unpaired) electrons. The van der Waals surface area contributed by atoms with Gasteiger partial charge in [-0.3, -0.25) is 4.79 Å². The summed E-state index contributed by atoms with van der Waals surface area (Å²) in [5, 5.41) is 0. The summed E-state index contributed by atoms with van der Waals surface area (Å²) in [5.41, 5.74) is 1.96. The highest BCUT2D eigenvalue weighted by Gasteiger charge is 2.22. The molecule has 2 unspecified atom stereocenters. The quantitative estimate of drug-likeness (QED) is 0.596. The Morgan fingerprint density at radius 1 is 1.38 bits per heavy atom. The number of hydrogen-bond acceptors (Lipinski definition) is 3. The number of hydrogen-bond donors (Lipinski definition) is 0. The first-order valence-corrected chi connectivity index (χ1v) is 7.35. The third-order valence-electron chi connectivity index (χ3n) is 3.67. The summed E-state index contributed by atoms with van der Waals surface area (Å²) in [5.74, 6) is 0.397. The van der Waals surface area contributed by atoms with Crippen LogP contribution in [-0.2, 0) is 9.53 Å². The molecule has 1 aliphatic rings. The maximum Gasteiger partial charge on any atom is 0.303 e. The third-order valence-corrected chi connectivity index (χ3v) is 3.67. The Labute approximate surface area is 126 Å². The molecule has 0 bridgehead atoms. The topological polar surface area (TPSA) is 35.5 Å². The van der Waals surface area contributed by atoms with Crippen LogP contribution < -0.4 is 4.74 Å². The predicted molar refractivity (Wildman–Crippen MR) is 83.2 cm³/mol. The van der Waals surface area contributed by atoms with Gasteiger partial charge < -0.3 is 9.47 Å². The summed E-state index contributed by atoms with van der Waals surface area (Å²) in [6.45, 7) is 9.24. The van der Waals surface area contributed by atoms with E-state index in [1.165, 1.54) is 13.3 Å². The molecule has 2 atom stereocenters. The predicted octanol–water partition coefficient (Wildman–Crippen LogP) is 4.35. The molecule has 0 heterocycles. The van der Waals surface area contributed by atoms with Gasteiger partial charge in [-0.1, -0.05) is 31.4 Å². The molecule has 1 aliphatic carbocycles. The second kappa shape index (κ2) is 7.11. The van der Waals surface area contributed by atoms with Crippen LogP contribution in [0.3, 0.4) is 0 Å². The molecule has 3 heteroatoms. The fraction of sp³-hybridized carbons (Fsp3) is 0.389. The standard InChI is InChI=1S/C18H22O3/c1-4-16(20-14(3)19)15-10-6-8-12-18(15)21-17-11-7-5-9-13(17)2/h4,6,8,10,12,16-17H,1-2,5,7,9,11H2,3H3. The average Bonchev–Trinajstić information content (AvgIpc) is 2.48. The van der Waals surface area contributed by atoms with Crippen LogP contribution in [0, 0.1) is 0 Å². The first-order chi connectivity index (χ1) is 10.1. The third kappa shape index (κ3) is 3.97. The monoisotopic (exact) mass is 286 g/mol. The molecule has 0 N–H and O–H groups in total. The molecule has 2 rings (SSSR count). The molecule has 1 saturated carbocycles. The second-order valence-electron chi connectivity index (χ2n) is 5.31. The van der Waals surface area contributed by atoms with Crippen molar-refractivity contribution < 1.29 is 14.3 Å². The van der Waals surface area contributed by atoms with Crippen molar-refractivity contribution in [3.63, 3.8) is 0 Å². The van der Waals surface area contributed by atoms with E-state index >= 15 is 0 Å². The minimum atomic E-state index is -0.490. The molecular formula is C18H22O3. The van der Waals surface area contributed by atoms with Gasteiger partial charge in [0.1, 0.15) is 18.0 Å². The Kier molecular flexibility index (Phi) is 5.20. The van der Waals surface area contributed by atoms with Gasteiger partial charge in [0.25, 0.3) is 0 Å². The fourth-order valence-corrected chi connectivity index (χ4v) is 2.58. The smallest absolute Gasteiger partial charge is 0.303 e. The van der Waals surface area contributed by atoms with E-state index in [4.69, 9.17) is 9.47 Å². The Morgan fingerprint density at radius 2 is 2.14 bits per heavy atom. The van der Waals surface area contributed by atoms with Crippen molar-refractivity contribution in [1.82, 2.24) is 0 Å². The maximum atomic E-state index is 11.2. The maximum absolute atomic E-state index is 11.2. The normalized spacial score (nSPS) is 19.7. The van der Waals surface area contributed by atoms with E-state index in [1.54, 1.807) is 6.08 Å². The van der Waals surface area contributed by atoms with E-state index in [9.17, 15) is 4.79 Å². The van der Waals surface area contributed by atoms with Crippen molar-refractivity contribution in [3.05, 3.63) is 54.6 Å². The molecule has 0 amide bonds. The van der Waals surface area contributed by atoms with Crippen molar-refractivity contribution >= 4 is 5.97 Å². The van der Waals surface area contributed by atoms with Crippen LogP contribution in [0.15, 0.2) is 49.1 Å². The largest absolute Gasteiger partial charge is 0.486 e. The van der Waals surface area contributed by atoms with Gasteiger partial charge in [-0.2, -0.15) is 0 Å². The lowest BCUT2D eigenvalue weighted by Crippen LogP contribution is -2.23. The summed E-state index contributed by atoms with van der Waals surface area (Å²) in [6, 6.07) is 7.61. The van der Waals surface area contributed by atoms with E-state index in [0.717, 1.165) is 36.1 Å². The molecule has 1 aromatic carbocycles. The summed E-state index contributed by atoms with van der Waals surface area (Å²) in [7, 11) is 0. The number of carbonyl (C=O) groups excluding carboxylic acids is 1. The molecular weight excluding hydrogens is 264 g/mol. The number of rotatable bonds is 5. The van der Waals surface area contributed by atoms with Crippen LogP contribution in [0.1, 0.15) is 44.3 Å². The molecule has 0 saturated heterocycles. The lowest BCUT2D eigenvalue weighted by molar-refractivity contribution is -0.144. The first-order valence-electron chi connectivity index (χ1n) is 7.35. The number of para-hydroxylation sites is 1. The SMILES string of the molecule is C=CC(OC(C)=O)c1ccccc1OC1CCCCC1=C. The molecule has 112 valence electrons. The van der Waals surface area contributed by atoms with Crippen LogP contribution >= 0.6 is 0 Å². The Balaban J connectivity index is 2.21. The van der Waals surface area contributed by atoms with Crippen LogP contribution in [0.5, 0.6) is 5.75 Å². The van der Waals surface area contributed by atoms with E-state index < -0.39 is 6.10 Å². The highest BCUT2D eigenvalue weighted by molar-refractivity contribution is 5.66. The number of carbonyl (C=O) groups is 1. The number of esters is 1. The molecule has 0 aromatic heterocycles. The number of ether oxygens (including phenoxy) is 2. The number of benzene rings is 1. The average molecular weight is 286 g/mol. The molecule has 21 heavy (non-hydrogen) atoms. The second-order valence-corrected chi connectivity index (χ2v) is 5.31. The van der Waals surface area contributed by atoms with Gasteiger partial charge in [-0.25, -0.2) is 0 Å². The fourth-order valence-electron chi connectivity index (χ4n) is 2.58. The molecule has 1 fully saturated rings. The zero-order valence-electron chi connectivity index (χ0n) is 12.5. The van der Waals surface area contributed by atoms with E-state index in [1.807, 2.05) is 24.3 Å². The Bertz CT molecular complexity index is 533. The highest BCUT2D eigenvalue weighted by atomic mass is 16.5. The molecule has 0 spiro atoms. The van der Waals surface area contributed by atoms with Gasteiger partial charge in [-0.15, -0.1) is 0 Å². The van der Waals surface area contributed by atoms with Gasteiger partial charge >= 0.3 is 5.97 Å². The molecule has 3 nitrogen and oxygen atoms in total. The van der Waals surface area contributed by atoms with Crippen molar-refractivity contribution in [2.24, 2.45) is 0 Å². The van der Waals surface area contributed by atoms with Gasteiger partial charge in [0.05, 0.1) is 0 Å². The summed E-state index contributed by atoms with van der Waals surface area (Å²) in [4.78, 5) is 11.2. The van der Waals surface area contributed by atoms with Crippen molar-refractivity contribution in [2.45, 2.75) is 44.8 Å². The summed E-state index contributed by atoms with van der Waals surface area (Å²) < 4.78 is 11.4. The summed E-state index contributed by atoms with van der Waals surface area (Å²) in [6.07, 6.45) is 5.50. The van der Waals surface area contributed by atoms with Gasteiger partial charge in [0, 0.05) is 12.5 Å². The Morgan fingerprint density at radius 3 is 2.81 bits per heavy atom. The van der Waals surface area contributed by atoms with Crippen molar-refractivity contribution in [1.29, 1.82) is 0 Å². The van der Waals surface area contributed by atoms with Gasteiger partial charge in [0.2, 0.25) is 0 Å². The Hall–Kier alpha value is -2.03. The first kappa shape index (κ1) is 15.4. The summed E-state index contributed by atoms with van der Waals surface area (Å²) >= 11 is 0. The lowest BCUT2D eigenvalue weighted by atomic mass is 9.93. The minimum absolute atomic E-state index is 0.0442. The van der Waals surface area contributed by atoms with Crippen LogP contribution in [-0.4, -0.2) is 12.1 Å². The highest BCUT2D eigenvalue weighted by Crippen LogP contribution is 2.32. The van der Waals surface area contributed by atoms with Gasteiger partial charge in [-0.05, 0) is 43.4 Å². The molecule has 0 aliphatic heterocycles. The lowest BCUT2D eigenvalue weighted by Gasteiger charge is -2.27. The minimum Gasteiger partial charge on any atom is -0.486 e. The van der Waals surface area contributed by atoms with E-state index in [2.05, 4.69) is 13.2 Å². The van der Waals surface area contributed by atoms with Gasteiger partial charge in [0.15, 0.2) is 0 Å². The van der Waals surface area contributed by atoms with Crippen molar-refractivity contribution in [2.75, 3.05) is 0 Å². The van der Waals surface area contributed by atoms with Crippen LogP contribution in [0.2, 0.25) is 0 Å².